The molecule has 9 heteroatoms. The number of anilines is 1. The van der Waals surface area contributed by atoms with Crippen LogP contribution in [-0.2, 0) is 6.54 Å². The van der Waals surface area contributed by atoms with Gasteiger partial charge < -0.3 is 5.32 Å². The Kier molecular flexibility index (Phi) is 4.80. The van der Waals surface area contributed by atoms with Crippen LogP contribution in [0.15, 0.2) is 22.1 Å². The molecule has 0 saturated heterocycles. The van der Waals surface area contributed by atoms with Gasteiger partial charge in [-0.15, -0.1) is 0 Å². The van der Waals surface area contributed by atoms with E-state index in [1.165, 1.54) is 0 Å². The summed E-state index contributed by atoms with van der Waals surface area (Å²) in [5.41, 5.74) is -0.847. The van der Waals surface area contributed by atoms with E-state index in [0.29, 0.717) is 4.48 Å². The maximum atomic E-state index is 12.1. The van der Waals surface area contributed by atoms with Crippen molar-refractivity contribution in [3.05, 3.63) is 32.6 Å². The molecular weight excluding hydrogens is 338 g/mol. The van der Waals surface area contributed by atoms with Crippen LogP contribution in [0.2, 0.25) is 5.02 Å². The average molecular weight is 347 g/mol. The van der Waals surface area contributed by atoms with E-state index in [2.05, 4.69) is 32.9 Å². The van der Waals surface area contributed by atoms with E-state index in [-0.39, 0.29) is 21.9 Å². The van der Waals surface area contributed by atoms with Crippen molar-refractivity contribution in [1.29, 1.82) is 0 Å². The summed E-state index contributed by atoms with van der Waals surface area (Å²) in [7, 11) is 0. The van der Waals surface area contributed by atoms with Crippen molar-refractivity contribution in [1.82, 2.24) is 9.78 Å². The second-order valence-electron chi connectivity index (χ2n) is 3.32. The smallest absolute Gasteiger partial charge is 0.378 e. The molecule has 0 aliphatic rings. The zero-order valence-electron chi connectivity index (χ0n) is 8.89. The molecule has 4 nitrogen and oxygen atoms in total. The molecule has 1 heterocycles. The summed E-state index contributed by atoms with van der Waals surface area (Å²) in [4.78, 5) is 11.5. The maximum absolute atomic E-state index is 12.1. The Morgan fingerprint density at radius 1 is 1.61 bits per heavy atom. The van der Waals surface area contributed by atoms with Gasteiger partial charge >= 0.3 is 6.18 Å². The quantitative estimate of drug-likeness (QED) is 0.912. The Hall–Kier alpha value is -1.02. The first-order chi connectivity index (χ1) is 8.20. The van der Waals surface area contributed by atoms with Gasteiger partial charge in [0.25, 0.3) is 5.56 Å². The summed E-state index contributed by atoms with van der Waals surface area (Å²) in [5, 5.41) is 5.76. The number of rotatable bonds is 4. The van der Waals surface area contributed by atoms with Crippen LogP contribution in [0.4, 0.5) is 18.9 Å². The fraction of sp³-hybridized carbons (Fsp3) is 0.333. The summed E-state index contributed by atoms with van der Waals surface area (Å²) in [6, 6.07) is 0. The minimum absolute atomic E-state index is 0.153. The van der Waals surface area contributed by atoms with Crippen molar-refractivity contribution in [2.45, 2.75) is 12.7 Å². The van der Waals surface area contributed by atoms with E-state index in [4.69, 9.17) is 11.6 Å². The Bertz CT molecular complexity index is 515. The molecule has 1 rings (SSSR count). The molecule has 0 fully saturated rings. The fourth-order valence-electron chi connectivity index (χ4n) is 1.06. The van der Waals surface area contributed by atoms with E-state index >= 15 is 0 Å². The summed E-state index contributed by atoms with van der Waals surface area (Å²) in [6.45, 7) is 2.34. The van der Waals surface area contributed by atoms with Crippen LogP contribution < -0.4 is 10.9 Å². The van der Waals surface area contributed by atoms with Gasteiger partial charge in [0.15, 0.2) is 0 Å². The Morgan fingerprint density at radius 2 is 2.22 bits per heavy atom. The van der Waals surface area contributed by atoms with Gasteiger partial charge in [0.1, 0.15) is 11.6 Å². The minimum atomic E-state index is -4.53. The Balaban J connectivity index is 2.98. The number of halogens is 5. The predicted octanol–water partition coefficient (Wildman–Crippen LogP) is 2.78. The number of hydrogen-bond acceptors (Lipinski definition) is 3. The number of aromatic nitrogens is 2. The molecule has 0 aromatic carbocycles. The molecular formula is C9H8BrClF3N3O. The summed E-state index contributed by atoms with van der Waals surface area (Å²) in [6.07, 6.45) is -3.47. The maximum Gasteiger partial charge on any atom is 0.408 e. The SMILES string of the molecule is C=C(Br)CNc1cnn(CC(F)(F)F)c(=O)c1Cl. The van der Waals surface area contributed by atoms with Crippen LogP contribution >= 0.6 is 27.5 Å². The first-order valence-electron chi connectivity index (χ1n) is 4.60. The van der Waals surface area contributed by atoms with Gasteiger partial charge in [0.2, 0.25) is 0 Å². The molecule has 1 aromatic rings. The van der Waals surface area contributed by atoms with Crippen LogP contribution in [0, 0.1) is 0 Å². The monoisotopic (exact) mass is 345 g/mol. The molecule has 0 amide bonds. The highest BCUT2D eigenvalue weighted by molar-refractivity contribution is 9.11. The van der Waals surface area contributed by atoms with Gasteiger partial charge in [-0.1, -0.05) is 34.1 Å². The van der Waals surface area contributed by atoms with E-state index in [9.17, 15) is 18.0 Å². The topological polar surface area (TPSA) is 46.9 Å². The molecule has 1 N–H and O–H groups in total. The lowest BCUT2D eigenvalue weighted by Gasteiger charge is -2.11. The second kappa shape index (κ2) is 5.75. The average Bonchev–Trinajstić information content (AvgIpc) is 2.22. The van der Waals surface area contributed by atoms with Crippen LogP contribution in [-0.4, -0.2) is 22.5 Å². The molecule has 0 radical (unpaired) electrons. The summed E-state index contributed by atoms with van der Waals surface area (Å²) < 4.78 is 37.2. The van der Waals surface area contributed by atoms with Gasteiger partial charge in [0.05, 0.1) is 11.9 Å². The van der Waals surface area contributed by atoms with Crippen molar-refractivity contribution in [3.63, 3.8) is 0 Å². The molecule has 0 bridgehead atoms. The largest absolute Gasteiger partial charge is 0.408 e. The lowest BCUT2D eigenvalue weighted by molar-refractivity contribution is -0.143. The number of nitrogens with one attached hydrogen (secondary N) is 1. The van der Waals surface area contributed by atoms with Gasteiger partial charge in [-0.05, 0) is 0 Å². The summed E-state index contributed by atoms with van der Waals surface area (Å²) in [5.74, 6) is 0. The van der Waals surface area contributed by atoms with Gasteiger partial charge in [0, 0.05) is 11.0 Å². The van der Waals surface area contributed by atoms with Gasteiger partial charge in [-0.2, -0.15) is 18.3 Å². The Labute approximate surface area is 114 Å². The molecule has 18 heavy (non-hydrogen) atoms. The van der Waals surface area contributed by atoms with E-state index in [0.717, 1.165) is 6.20 Å². The Morgan fingerprint density at radius 3 is 2.72 bits per heavy atom. The molecule has 100 valence electrons. The van der Waals surface area contributed by atoms with Crippen molar-refractivity contribution < 1.29 is 13.2 Å². The third-order valence-electron chi connectivity index (χ3n) is 1.78. The van der Waals surface area contributed by atoms with Crippen LogP contribution in [0.5, 0.6) is 0 Å². The lowest BCUT2D eigenvalue weighted by Crippen LogP contribution is -2.30. The highest BCUT2D eigenvalue weighted by Crippen LogP contribution is 2.19. The van der Waals surface area contributed by atoms with Crippen LogP contribution in [0.1, 0.15) is 0 Å². The number of alkyl halides is 3. The van der Waals surface area contributed by atoms with E-state index < -0.39 is 18.3 Å². The highest BCUT2D eigenvalue weighted by atomic mass is 79.9. The number of hydrogen-bond donors (Lipinski definition) is 1. The predicted molar refractivity (Wildman–Crippen MR) is 66.1 cm³/mol. The lowest BCUT2D eigenvalue weighted by atomic mass is 10.4. The molecule has 0 unspecified atom stereocenters. The first-order valence-corrected chi connectivity index (χ1v) is 5.77. The minimum Gasteiger partial charge on any atom is -0.378 e. The molecule has 0 saturated carbocycles. The fourth-order valence-corrected chi connectivity index (χ4v) is 1.42. The third kappa shape index (κ3) is 4.34. The zero-order chi connectivity index (χ0) is 13.9. The molecule has 0 aliphatic carbocycles. The van der Waals surface area contributed by atoms with E-state index in [1.54, 1.807) is 0 Å². The first kappa shape index (κ1) is 15.0. The van der Waals surface area contributed by atoms with Crippen molar-refractivity contribution in [2.24, 2.45) is 0 Å². The van der Waals surface area contributed by atoms with Crippen molar-refractivity contribution >= 4 is 33.2 Å². The highest BCUT2D eigenvalue weighted by Gasteiger charge is 2.29. The molecule has 0 aliphatic heterocycles. The summed E-state index contributed by atoms with van der Waals surface area (Å²) >= 11 is 8.74. The van der Waals surface area contributed by atoms with Crippen molar-refractivity contribution in [2.75, 3.05) is 11.9 Å². The third-order valence-corrected chi connectivity index (χ3v) is 2.43. The molecule has 1 aromatic heterocycles. The van der Waals surface area contributed by atoms with Crippen LogP contribution in [0.3, 0.4) is 0 Å². The standard InChI is InChI=1S/C9H8BrClF3N3O/c1-5(10)2-15-6-3-16-17(4-9(12,13)14)8(18)7(6)11/h3,15H,1-2,4H2. The second-order valence-corrected chi connectivity index (χ2v) is 4.82. The zero-order valence-corrected chi connectivity index (χ0v) is 11.2. The molecule has 0 atom stereocenters. The van der Waals surface area contributed by atoms with Crippen LogP contribution in [0.25, 0.3) is 0 Å². The molecule has 0 spiro atoms. The number of nitrogens with zero attached hydrogens (tertiary/aromatic N) is 2. The normalized spacial score (nSPS) is 11.4. The van der Waals surface area contributed by atoms with Crippen molar-refractivity contribution in [3.8, 4) is 0 Å². The van der Waals surface area contributed by atoms with Gasteiger partial charge in [-0.3, -0.25) is 4.79 Å². The van der Waals surface area contributed by atoms with E-state index in [1.807, 2.05) is 0 Å². The van der Waals surface area contributed by atoms with Gasteiger partial charge in [-0.25, -0.2) is 4.68 Å².